The Kier molecular flexibility index (Phi) is 9.55. The molecule has 0 saturated heterocycles. The molecule has 1 aromatic rings. The zero-order valence-electron chi connectivity index (χ0n) is 24.2. The molecule has 0 heterocycles. The molecule has 1 saturated carbocycles. The van der Waals surface area contributed by atoms with Crippen LogP contribution in [0.5, 0.6) is 0 Å². The normalized spacial score (nSPS) is 17.2. The highest BCUT2D eigenvalue weighted by molar-refractivity contribution is 5.89. The Morgan fingerprint density at radius 3 is 1.86 bits per heavy atom. The molecule has 0 aliphatic heterocycles. The Morgan fingerprint density at radius 2 is 1.37 bits per heavy atom. The lowest BCUT2D eigenvalue weighted by Crippen LogP contribution is -2.54. The summed E-state index contributed by atoms with van der Waals surface area (Å²) in [6.45, 7) is 20.9. The Morgan fingerprint density at radius 1 is 0.800 bits per heavy atom. The first kappa shape index (κ1) is 29.7. The van der Waals surface area contributed by atoms with Crippen molar-refractivity contribution < 1.29 is 9.59 Å². The number of hydrogen-bond donors (Lipinski definition) is 2. The van der Waals surface area contributed by atoms with Crippen molar-refractivity contribution in [2.24, 2.45) is 16.7 Å². The number of ketones is 2. The predicted octanol–water partition coefficient (Wildman–Crippen LogP) is 6.51. The van der Waals surface area contributed by atoms with E-state index in [-0.39, 0.29) is 28.9 Å². The lowest BCUT2D eigenvalue weighted by Gasteiger charge is -2.38. The van der Waals surface area contributed by atoms with Gasteiger partial charge in [-0.25, -0.2) is 0 Å². The van der Waals surface area contributed by atoms with Crippen molar-refractivity contribution in [2.45, 2.75) is 131 Å². The average molecular weight is 485 g/mol. The summed E-state index contributed by atoms with van der Waals surface area (Å²) < 4.78 is 0. The first-order chi connectivity index (χ1) is 15.9. The number of hydrogen-bond acceptors (Lipinski definition) is 4. The van der Waals surface area contributed by atoms with Gasteiger partial charge in [-0.3, -0.25) is 9.59 Å². The van der Waals surface area contributed by atoms with Crippen LogP contribution in [0.3, 0.4) is 0 Å². The molecule has 0 aromatic heterocycles. The minimum atomic E-state index is -0.431. The van der Waals surface area contributed by atoms with Crippen molar-refractivity contribution in [2.75, 3.05) is 0 Å². The summed E-state index contributed by atoms with van der Waals surface area (Å²) in [4.78, 5) is 27.1. The number of carbonyl (C=O) groups excluding carboxylic acids is 2. The second-order valence-corrected chi connectivity index (χ2v) is 14.3. The molecule has 35 heavy (non-hydrogen) atoms. The van der Waals surface area contributed by atoms with Crippen LogP contribution in [0.1, 0.15) is 107 Å². The zero-order valence-corrected chi connectivity index (χ0v) is 24.2. The minimum Gasteiger partial charge on any atom is -0.303 e. The zero-order chi connectivity index (χ0) is 26.7. The molecule has 0 radical (unpaired) electrons. The molecular weight excluding hydrogens is 432 g/mol. The van der Waals surface area contributed by atoms with Gasteiger partial charge in [-0.15, -0.1) is 0 Å². The second-order valence-electron chi connectivity index (χ2n) is 14.3. The Bertz CT molecular complexity index is 839. The molecule has 1 aliphatic carbocycles. The van der Waals surface area contributed by atoms with Crippen molar-refractivity contribution in [3.05, 3.63) is 35.9 Å². The average Bonchev–Trinajstić information content (AvgIpc) is 3.53. The van der Waals surface area contributed by atoms with Crippen LogP contribution in [-0.2, 0) is 16.0 Å². The molecule has 1 aliphatic rings. The van der Waals surface area contributed by atoms with Gasteiger partial charge < -0.3 is 10.6 Å². The third-order valence-electron chi connectivity index (χ3n) is 7.14. The van der Waals surface area contributed by atoms with Crippen LogP contribution >= 0.6 is 0 Å². The smallest absolute Gasteiger partial charge is 0.155 e. The fraction of sp³-hybridized carbons (Fsp3) is 0.742. The Hall–Kier alpha value is -1.52. The molecule has 1 aromatic carbocycles. The van der Waals surface area contributed by atoms with Gasteiger partial charge >= 0.3 is 0 Å². The summed E-state index contributed by atoms with van der Waals surface area (Å²) in [6, 6.07) is 9.86. The summed E-state index contributed by atoms with van der Waals surface area (Å²) >= 11 is 0. The third kappa shape index (κ3) is 10.2. The highest BCUT2D eigenvalue weighted by Gasteiger charge is 2.40. The molecule has 2 rings (SSSR count). The van der Waals surface area contributed by atoms with Crippen LogP contribution < -0.4 is 10.6 Å². The van der Waals surface area contributed by atoms with Crippen LogP contribution in [0.4, 0.5) is 0 Å². The molecule has 1 fully saturated rings. The summed E-state index contributed by atoms with van der Waals surface area (Å²) in [5.74, 6) is 1.24. The van der Waals surface area contributed by atoms with Crippen molar-refractivity contribution >= 4 is 11.6 Å². The van der Waals surface area contributed by atoms with Gasteiger partial charge in [0, 0.05) is 21.9 Å². The van der Waals surface area contributed by atoms with Gasteiger partial charge in [0.25, 0.3) is 0 Å². The molecule has 2 atom stereocenters. The molecular formula is C31H52N2O2. The summed E-state index contributed by atoms with van der Waals surface area (Å²) in [5.41, 5.74) is -0.0671. The fourth-order valence-electron chi connectivity index (χ4n) is 4.79. The summed E-state index contributed by atoms with van der Waals surface area (Å²) in [5, 5.41) is 7.30. The minimum absolute atomic E-state index is 0.0932. The van der Waals surface area contributed by atoms with Crippen LogP contribution in [0.2, 0.25) is 0 Å². The molecule has 0 spiro atoms. The van der Waals surface area contributed by atoms with Crippen molar-refractivity contribution in [3.63, 3.8) is 0 Å². The predicted molar refractivity (Wildman–Crippen MR) is 148 cm³/mol. The standard InChI is InChI=1S/C31H52N2O2/c1-28(2,3)26(34)24(20-22-14-12-11-13-15-22)33-31(9,10)19-18-30(7,8)27(35)25(21-23-16-17-23)32-29(4,5)6/h11-15,23-25,32-33H,16-21H2,1-10H3/t24-,25-/m1/s1. The van der Waals surface area contributed by atoms with E-state index < -0.39 is 10.8 Å². The number of nitrogens with one attached hydrogen (secondary N) is 2. The van der Waals surface area contributed by atoms with Crippen molar-refractivity contribution in [1.82, 2.24) is 10.6 Å². The number of Topliss-reactive ketones (excluding diaryl/α,β-unsaturated/α-hetero) is 2. The van der Waals surface area contributed by atoms with Crippen LogP contribution in [-0.4, -0.2) is 34.7 Å². The first-order valence-electron chi connectivity index (χ1n) is 13.6. The SMILES string of the molecule is CC(C)(C)N[C@H](CC1CC1)C(=O)C(C)(C)CCC(C)(C)N[C@H](Cc1ccccc1)C(=O)C(C)(C)C. The maximum Gasteiger partial charge on any atom is 0.155 e. The lowest BCUT2D eigenvalue weighted by molar-refractivity contribution is -0.131. The molecule has 0 unspecified atom stereocenters. The van der Waals surface area contributed by atoms with E-state index in [0.717, 1.165) is 24.8 Å². The third-order valence-corrected chi connectivity index (χ3v) is 7.14. The number of benzene rings is 1. The molecule has 0 bridgehead atoms. The van der Waals surface area contributed by atoms with Crippen LogP contribution in [0, 0.1) is 16.7 Å². The molecule has 198 valence electrons. The van der Waals surface area contributed by atoms with E-state index >= 15 is 0 Å². The highest BCUT2D eigenvalue weighted by atomic mass is 16.1. The maximum absolute atomic E-state index is 13.7. The molecule has 0 amide bonds. The number of carbonyl (C=O) groups is 2. The molecule has 4 nitrogen and oxygen atoms in total. The van der Waals surface area contributed by atoms with Gasteiger partial charge in [0.1, 0.15) is 0 Å². The Balaban J connectivity index is 2.10. The summed E-state index contributed by atoms with van der Waals surface area (Å²) in [6.07, 6.45) is 5.71. The van der Waals surface area contributed by atoms with E-state index in [9.17, 15) is 9.59 Å². The number of rotatable bonds is 13. The second kappa shape index (κ2) is 11.3. The maximum atomic E-state index is 13.7. The van der Waals surface area contributed by atoms with Gasteiger partial charge in [-0.2, -0.15) is 0 Å². The van der Waals surface area contributed by atoms with Gasteiger partial charge in [0.2, 0.25) is 0 Å². The van der Waals surface area contributed by atoms with E-state index in [0.29, 0.717) is 18.1 Å². The topological polar surface area (TPSA) is 58.2 Å². The lowest BCUT2D eigenvalue weighted by atomic mass is 9.75. The molecule has 2 N–H and O–H groups in total. The van der Waals surface area contributed by atoms with E-state index in [1.54, 1.807) is 0 Å². The van der Waals surface area contributed by atoms with E-state index in [1.165, 1.54) is 12.8 Å². The quantitative estimate of drug-likeness (QED) is 0.335. The highest BCUT2D eigenvalue weighted by Crippen LogP contribution is 2.37. The first-order valence-corrected chi connectivity index (χ1v) is 13.6. The monoisotopic (exact) mass is 484 g/mol. The summed E-state index contributed by atoms with van der Waals surface area (Å²) in [7, 11) is 0. The largest absolute Gasteiger partial charge is 0.303 e. The van der Waals surface area contributed by atoms with Crippen LogP contribution in [0.15, 0.2) is 30.3 Å². The van der Waals surface area contributed by atoms with E-state index in [2.05, 4.69) is 71.2 Å². The van der Waals surface area contributed by atoms with Crippen molar-refractivity contribution in [3.8, 4) is 0 Å². The van der Waals surface area contributed by atoms with Crippen molar-refractivity contribution in [1.29, 1.82) is 0 Å². The van der Waals surface area contributed by atoms with Gasteiger partial charge in [-0.05, 0) is 71.8 Å². The molecule has 4 heteroatoms. The van der Waals surface area contributed by atoms with E-state index in [1.807, 2.05) is 39.0 Å². The fourth-order valence-corrected chi connectivity index (χ4v) is 4.79. The van der Waals surface area contributed by atoms with Crippen LogP contribution in [0.25, 0.3) is 0 Å². The van der Waals surface area contributed by atoms with E-state index in [4.69, 9.17) is 0 Å². The van der Waals surface area contributed by atoms with Gasteiger partial charge in [-0.1, -0.05) is 77.8 Å². The Labute approximate surface area is 215 Å². The van der Waals surface area contributed by atoms with Gasteiger partial charge in [0.15, 0.2) is 11.6 Å². The van der Waals surface area contributed by atoms with Gasteiger partial charge in [0.05, 0.1) is 12.1 Å².